The quantitative estimate of drug-likeness (QED) is 0.583. The van der Waals surface area contributed by atoms with Gasteiger partial charge in [0.1, 0.15) is 23.7 Å². The first kappa shape index (κ1) is 20.4. The van der Waals surface area contributed by atoms with Crippen LogP contribution < -0.4 is 0 Å². The molecule has 158 valence electrons. The van der Waals surface area contributed by atoms with Crippen LogP contribution in [0.5, 0.6) is 0 Å². The largest absolute Gasteiger partial charge is 0.347 e. The van der Waals surface area contributed by atoms with Gasteiger partial charge in [-0.1, -0.05) is 22.8 Å². The minimum atomic E-state index is -2.82. The molecule has 1 aliphatic rings. The molecule has 4 rings (SSSR count). The molecule has 1 fully saturated rings. The molecular formula is C19H17ClF3N5O2. The fraction of sp³-hybridized carbons (Fsp3) is 0.368. The highest BCUT2D eigenvalue weighted by Crippen LogP contribution is 2.54. The summed E-state index contributed by atoms with van der Waals surface area (Å²) in [6.07, 6.45) is -1.47. The van der Waals surface area contributed by atoms with Crippen molar-refractivity contribution >= 4 is 17.5 Å². The summed E-state index contributed by atoms with van der Waals surface area (Å²) >= 11 is 6.21. The van der Waals surface area contributed by atoms with Crippen LogP contribution in [0.3, 0.4) is 0 Å². The molecule has 3 aromatic rings. The summed E-state index contributed by atoms with van der Waals surface area (Å²) in [4.78, 5) is 17.8. The van der Waals surface area contributed by atoms with Gasteiger partial charge in [0.25, 0.3) is 12.3 Å². The molecule has 2 heterocycles. The molecule has 0 spiro atoms. The summed E-state index contributed by atoms with van der Waals surface area (Å²) < 4.78 is 46.3. The summed E-state index contributed by atoms with van der Waals surface area (Å²) in [6.45, 7) is -0.262. The van der Waals surface area contributed by atoms with Crippen LogP contribution in [0, 0.1) is 5.82 Å². The first-order valence-corrected chi connectivity index (χ1v) is 9.45. The van der Waals surface area contributed by atoms with Crippen molar-refractivity contribution < 1.29 is 22.5 Å². The number of amides is 1. The molecule has 30 heavy (non-hydrogen) atoms. The van der Waals surface area contributed by atoms with Crippen molar-refractivity contribution in [2.45, 2.75) is 31.2 Å². The SMILES string of the molecule is CN(C)C(=O)Cn1nc(C(F)F)cc1-c1nc(C2(c3ccc(F)cc3Cl)CC2)no1. The second-order valence-electron chi connectivity index (χ2n) is 7.33. The normalized spacial score (nSPS) is 14.9. The number of likely N-dealkylation sites (N-methyl/N-ethyl adjacent to an activating group) is 1. The number of aromatic nitrogens is 4. The molecule has 0 aliphatic heterocycles. The topological polar surface area (TPSA) is 77.1 Å². The molecule has 1 aromatic carbocycles. The number of benzene rings is 1. The van der Waals surface area contributed by atoms with Crippen molar-refractivity contribution in [3.8, 4) is 11.6 Å². The zero-order valence-electron chi connectivity index (χ0n) is 16.1. The average Bonchev–Trinajstić information content (AvgIpc) is 3.12. The average molecular weight is 440 g/mol. The predicted molar refractivity (Wildman–Crippen MR) is 101 cm³/mol. The first-order chi connectivity index (χ1) is 14.2. The van der Waals surface area contributed by atoms with E-state index >= 15 is 0 Å². The summed E-state index contributed by atoms with van der Waals surface area (Å²) in [6, 6.07) is 5.22. The zero-order valence-corrected chi connectivity index (χ0v) is 16.8. The first-order valence-electron chi connectivity index (χ1n) is 9.07. The van der Waals surface area contributed by atoms with Gasteiger partial charge in [0.05, 0.1) is 5.41 Å². The van der Waals surface area contributed by atoms with Gasteiger partial charge in [0.2, 0.25) is 5.91 Å². The van der Waals surface area contributed by atoms with E-state index in [0.29, 0.717) is 24.2 Å². The number of hydrogen-bond donors (Lipinski definition) is 0. The van der Waals surface area contributed by atoms with E-state index in [0.717, 1.165) is 10.7 Å². The maximum atomic E-state index is 13.4. The summed E-state index contributed by atoms with van der Waals surface area (Å²) in [7, 11) is 3.10. The van der Waals surface area contributed by atoms with Gasteiger partial charge in [0, 0.05) is 19.1 Å². The van der Waals surface area contributed by atoms with Gasteiger partial charge in [-0.25, -0.2) is 17.9 Å². The second kappa shape index (κ2) is 7.42. The molecular weight excluding hydrogens is 423 g/mol. The molecule has 2 aromatic heterocycles. The molecule has 0 N–H and O–H groups in total. The highest BCUT2D eigenvalue weighted by atomic mass is 35.5. The lowest BCUT2D eigenvalue weighted by Crippen LogP contribution is -2.27. The lowest BCUT2D eigenvalue weighted by molar-refractivity contribution is -0.129. The fourth-order valence-corrected chi connectivity index (χ4v) is 3.59. The highest BCUT2D eigenvalue weighted by molar-refractivity contribution is 6.31. The number of rotatable bonds is 6. The Bertz CT molecular complexity index is 1110. The Morgan fingerprint density at radius 2 is 2.07 bits per heavy atom. The Labute approximate surface area is 174 Å². The molecule has 11 heteroatoms. The van der Waals surface area contributed by atoms with E-state index < -0.39 is 23.4 Å². The van der Waals surface area contributed by atoms with Gasteiger partial charge in [-0.05, 0) is 36.6 Å². The molecule has 1 aliphatic carbocycles. The standard InChI is InChI=1S/C19H17ClF3N5O2/c1-27(2)15(29)9-28-14(8-13(25-28)16(22)23)17-24-18(26-30-17)19(5-6-19)11-4-3-10(21)7-12(11)20/h3-4,7-8,16H,5-6,9H2,1-2H3. The van der Waals surface area contributed by atoms with Crippen LogP contribution in [0.1, 0.15) is 36.3 Å². The maximum Gasteiger partial charge on any atom is 0.282 e. The Morgan fingerprint density at radius 1 is 1.33 bits per heavy atom. The van der Waals surface area contributed by atoms with Crippen molar-refractivity contribution in [3.05, 3.63) is 52.2 Å². The Balaban J connectivity index is 1.71. The van der Waals surface area contributed by atoms with Crippen LogP contribution >= 0.6 is 11.6 Å². The minimum absolute atomic E-state index is 0.0412. The third-order valence-electron chi connectivity index (χ3n) is 5.08. The number of hydrogen-bond acceptors (Lipinski definition) is 5. The van der Waals surface area contributed by atoms with Gasteiger partial charge in [-0.3, -0.25) is 4.79 Å². The number of alkyl halides is 2. The predicted octanol–water partition coefficient (Wildman–Crippen LogP) is 3.83. The smallest absolute Gasteiger partial charge is 0.282 e. The number of carbonyl (C=O) groups is 1. The number of nitrogens with zero attached hydrogens (tertiary/aromatic N) is 5. The van der Waals surface area contributed by atoms with E-state index in [4.69, 9.17) is 16.1 Å². The monoisotopic (exact) mass is 439 g/mol. The van der Waals surface area contributed by atoms with Crippen molar-refractivity contribution in [1.29, 1.82) is 0 Å². The van der Waals surface area contributed by atoms with Gasteiger partial charge >= 0.3 is 0 Å². The lowest BCUT2D eigenvalue weighted by Gasteiger charge is -2.13. The van der Waals surface area contributed by atoms with Crippen LogP contribution in [0.2, 0.25) is 5.02 Å². The van der Waals surface area contributed by atoms with E-state index in [2.05, 4.69) is 15.2 Å². The van der Waals surface area contributed by atoms with E-state index in [-0.39, 0.29) is 29.1 Å². The fourth-order valence-electron chi connectivity index (χ4n) is 3.24. The van der Waals surface area contributed by atoms with Gasteiger partial charge < -0.3 is 9.42 Å². The van der Waals surface area contributed by atoms with E-state index in [1.165, 1.54) is 17.0 Å². The van der Waals surface area contributed by atoms with Crippen LogP contribution in [-0.2, 0) is 16.8 Å². The van der Waals surface area contributed by atoms with E-state index in [9.17, 15) is 18.0 Å². The highest BCUT2D eigenvalue weighted by Gasteiger charge is 2.51. The van der Waals surface area contributed by atoms with Crippen molar-refractivity contribution in [1.82, 2.24) is 24.8 Å². The summed E-state index contributed by atoms with van der Waals surface area (Å²) in [5, 5.41) is 8.07. The maximum absolute atomic E-state index is 13.4. The van der Waals surface area contributed by atoms with Crippen molar-refractivity contribution in [2.75, 3.05) is 14.1 Å². The zero-order chi connectivity index (χ0) is 21.6. The van der Waals surface area contributed by atoms with Gasteiger partial charge in [-0.2, -0.15) is 10.1 Å². The Morgan fingerprint density at radius 3 is 2.67 bits per heavy atom. The Kier molecular flexibility index (Phi) is 5.05. The molecule has 1 saturated carbocycles. The number of halogens is 4. The summed E-state index contributed by atoms with van der Waals surface area (Å²) in [5.41, 5.74) is -0.343. The molecule has 0 atom stereocenters. The molecule has 0 saturated heterocycles. The van der Waals surface area contributed by atoms with Gasteiger partial charge in [-0.15, -0.1) is 0 Å². The van der Waals surface area contributed by atoms with E-state index in [1.54, 1.807) is 20.2 Å². The minimum Gasteiger partial charge on any atom is -0.347 e. The van der Waals surface area contributed by atoms with Crippen LogP contribution in [0.4, 0.5) is 13.2 Å². The van der Waals surface area contributed by atoms with Crippen LogP contribution in [0.25, 0.3) is 11.6 Å². The molecule has 0 bridgehead atoms. The van der Waals surface area contributed by atoms with E-state index in [1.807, 2.05) is 0 Å². The molecule has 7 nitrogen and oxygen atoms in total. The molecule has 1 amide bonds. The number of carbonyl (C=O) groups excluding carboxylic acids is 1. The van der Waals surface area contributed by atoms with Crippen LogP contribution in [-0.4, -0.2) is 44.8 Å². The third kappa shape index (κ3) is 3.55. The second-order valence-corrected chi connectivity index (χ2v) is 7.74. The van der Waals surface area contributed by atoms with Crippen molar-refractivity contribution in [3.63, 3.8) is 0 Å². The van der Waals surface area contributed by atoms with Crippen LogP contribution in [0.15, 0.2) is 28.8 Å². The molecule has 0 radical (unpaired) electrons. The Hall–Kier alpha value is -2.88. The molecule has 0 unspecified atom stereocenters. The third-order valence-corrected chi connectivity index (χ3v) is 5.39. The lowest BCUT2D eigenvalue weighted by atomic mass is 9.95. The van der Waals surface area contributed by atoms with Gasteiger partial charge in [0.15, 0.2) is 5.82 Å². The summed E-state index contributed by atoms with van der Waals surface area (Å²) in [5.74, 6) is -0.518. The van der Waals surface area contributed by atoms with Crippen molar-refractivity contribution in [2.24, 2.45) is 0 Å².